The zero-order chi connectivity index (χ0) is 24.1. The number of primary sulfonamides is 1. The summed E-state index contributed by atoms with van der Waals surface area (Å²) in [6, 6.07) is 17.7. The third-order valence-corrected chi connectivity index (χ3v) is 9.37. The van der Waals surface area contributed by atoms with E-state index in [1.807, 2.05) is 54.6 Å². The van der Waals surface area contributed by atoms with E-state index in [0.29, 0.717) is 18.2 Å². The SMILES string of the molecule is C[C@@H](CC1CCCCC1)NCc1ccccc1-c1cc(-c2cccc(CO)c2)sc1S(N)(=O)=O. The van der Waals surface area contributed by atoms with Gasteiger partial charge in [-0.05, 0) is 53.6 Å². The van der Waals surface area contributed by atoms with Gasteiger partial charge in [-0.25, -0.2) is 13.6 Å². The van der Waals surface area contributed by atoms with Crippen LogP contribution in [0.2, 0.25) is 0 Å². The monoisotopic (exact) mass is 498 g/mol. The molecule has 1 heterocycles. The molecule has 4 rings (SSSR count). The highest BCUT2D eigenvalue weighted by atomic mass is 32.2. The summed E-state index contributed by atoms with van der Waals surface area (Å²) >= 11 is 1.17. The van der Waals surface area contributed by atoms with Gasteiger partial charge < -0.3 is 10.4 Å². The minimum Gasteiger partial charge on any atom is -0.392 e. The third-order valence-electron chi connectivity index (χ3n) is 6.71. The zero-order valence-corrected chi connectivity index (χ0v) is 21.3. The van der Waals surface area contributed by atoms with Gasteiger partial charge in [0, 0.05) is 23.0 Å². The molecule has 0 spiro atoms. The lowest BCUT2D eigenvalue weighted by Crippen LogP contribution is -2.28. The van der Waals surface area contributed by atoms with Crippen molar-refractivity contribution in [3.8, 4) is 21.6 Å². The van der Waals surface area contributed by atoms with E-state index in [1.54, 1.807) is 0 Å². The molecule has 34 heavy (non-hydrogen) atoms. The second-order valence-corrected chi connectivity index (χ2v) is 12.2. The van der Waals surface area contributed by atoms with Crippen molar-refractivity contribution in [2.45, 2.75) is 68.9 Å². The van der Waals surface area contributed by atoms with E-state index in [9.17, 15) is 13.5 Å². The molecule has 182 valence electrons. The van der Waals surface area contributed by atoms with Crippen molar-refractivity contribution in [2.24, 2.45) is 11.1 Å². The van der Waals surface area contributed by atoms with E-state index in [0.717, 1.165) is 33.0 Å². The number of rotatable bonds is 9. The molecule has 5 nitrogen and oxygen atoms in total. The number of hydrogen-bond donors (Lipinski definition) is 3. The molecular weight excluding hydrogens is 464 g/mol. The normalized spacial score (nSPS) is 16.0. The molecule has 4 N–H and O–H groups in total. The summed E-state index contributed by atoms with van der Waals surface area (Å²) in [5.74, 6) is 0.801. The average Bonchev–Trinajstić information content (AvgIpc) is 3.30. The summed E-state index contributed by atoms with van der Waals surface area (Å²) in [7, 11) is -3.90. The van der Waals surface area contributed by atoms with Crippen LogP contribution in [0.3, 0.4) is 0 Å². The molecule has 1 aromatic heterocycles. The lowest BCUT2D eigenvalue weighted by molar-refractivity contribution is 0.282. The highest BCUT2D eigenvalue weighted by molar-refractivity contribution is 7.91. The van der Waals surface area contributed by atoms with Gasteiger partial charge in [-0.2, -0.15) is 0 Å². The summed E-state index contributed by atoms with van der Waals surface area (Å²) < 4.78 is 25.2. The van der Waals surface area contributed by atoms with Gasteiger partial charge in [-0.3, -0.25) is 0 Å². The first kappa shape index (κ1) is 25.1. The number of nitrogens with one attached hydrogen (secondary N) is 1. The molecule has 0 amide bonds. The van der Waals surface area contributed by atoms with E-state index in [-0.39, 0.29) is 10.8 Å². The van der Waals surface area contributed by atoms with Crippen molar-refractivity contribution in [1.82, 2.24) is 5.32 Å². The van der Waals surface area contributed by atoms with Gasteiger partial charge in [0.05, 0.1) is 6.61 Å². The Labute approximate surface area is 207 Å². The Bertz CT molecular complexity index is 1210. The Balaban J connectivity index is 1.62. The minimum atomic E-state index is -3.90. The molecule has 0 unspecified atom stereocenters. The number of thiophene rings is 1. The van der Waals surface area contributed by atoms with Crippen molar-refractivity contribution in [2.75, 3.05) is 0 Å². The smallest absolute Gasteiger partial charge is 0.248 e. The van der Waals surface area contributed by atoms with Crippen LogP contribution in [0.1, 0.15) is 56.6 Å². The quantitative estimate of drug-likeness (QED) is 0.354. The van der Waals surface area contributed by atoms with Gasteiger partial charge in [0.2, 0.25) is 10.0 Å². The van der Waals surface area contributed by atoms with Gasteiger partial charge in [-0.15, -0.1) is 11.3 Å². The summed E-state index contributed by atoms with van der Waals surface area (Å²) in [6.45, 7) is 2.84. The first-order chi connectivity index (χ1) is 16.3. The highest BCUT2D eigenvalue weighted by Crippen LogP contribution is 2.41. The summed E-state index contributed by atoms with van der Waals surface area (Å²) in [5.41, 5.74) is 4.21. The van der Waals surface area contributed by atoms with Crippen LogP contribution >= 0.6 is 11.3 Å². The van der Waals surface area contributed by atoms with Crippen LogP contribution in [0, 0.1) is 5.92 Å². The second kappa shape index (κ2) is 11.1. The Hall–Kier alpha value is -2.03. The highest BCUT2D eigenvalue weighted by Gasteiger charge is 2.23. The average molecular weight is 499 g/mol. The number of benzene rings is 2. The molecule has 2 aromatic carbocycles. The van der Waals surface area contributed by atoms with Crippen molar-refractivity contribution in [3.63, 3.8) is 0 Å². The third kappa shape index (κ3) is 6.15. The first-order valence-electron chi connectivity index (χ1n) is 12.0. The Morgan fingerprint density at radius 2 is 1.82 bits per heavy atom. The van der Waals surface area contributed by atoms with E-state index < -0.39 is 10.0 Å². The van der Waals surface area contributed by atoms with Gasteiger partial charge in [-0.1, -0.05) is 74.6 Å². The van der Waals surface area contributed by atoms with E-state index in [1.165, 1.54) is 49.9 Å². The fourth-order valence-corrected chi connectivity index (χ4v) is 7.08. The van der Waals surface area contributed by atoms with Crippen molar-refractivity contribution >= 4 is 21.4 Å². The van der Waals surface area contributed by atoms with Crippen molar-refractivity contribution in [3.05, 3.63) is 65.7 Å². The molecule has 3 aromatic rings. The maximum atomic E-state index is 12.5. The molecule has 0 bridgehead atoms. The Morgan fingerprint density at radius 1 is 1.06 bits per heavy atom. The van der Waals surface area contributed by atoms with Gasteiger partial charge in [0.15, 0.2) is 0 Å². The van der Waals surface area contributed by atoms with Crippen LogP contribution in [-0.4, -0.2) is 19.6 Å². The fraction of sp³-hybridized carbons (Fsp3) is 0.407. The second-order valence-electron chi connectivity index (χ2n) is 9.39. The van der Waals surface area contributed by atoms with Crippen LogP contribution < -0.4 is 10.5 Å². The Kier molecular flexibility index (Phi) is 8.22. The van der Waals surface area contributed by atoms with Gasteiger partial charge in [0.1, 0.15) is 4.21 Å². The molecule has 0 radical (unpaired) electrons. The molecule has 1 fully saturated rings. The lowest BCUT2D eigenvalue weighted by Gasteiger charge is -2.25. The minimum absolute atomic E-state index is 0.0678. The topological polar surface area (TPSA) is 92.4 Å². The zero-order valence-electron chi connectivity index (χ0n) is 19.7. The molecule has 1 saturated carbocycles. The standard InChI is InChI=1S/C27H34N2O3S2/c1-19(14-20-8-3-2-4-9-20)29-17-23-11-5-6-13-24(23)25-16-26(33-27(25)34(28,31)32)22-12-7-10-21(15-22)18-30/h5-7,10-13,15-16,19-20,29-30H,2-4,8-9,14,17-18H2,1H3,(H2,28,31,32)/t19-/m0/s1. The maximum absolute atomic E-state index is 12.5. The van der Waals surface area contributed by atoms with Crippen molar-refractivity contribution in [1.29, 1.82) is 0 Å². The molecule has 1 atom stereocenters. The van der Waals surface area contributed by atoms with E-state index in [4.69, 9.17) is 5.14 Å². The molecule has 0 saturated heterocycles. The lowest BCUT2D eigenvalue weighted by atomic mass is 9.85. The Morgan fingerprint density at radius 3 is 2.56 bits per heavy atom. The molecule has 7 heteroatoms. The number of aliphatic hydroxyl groups is 1. The van der Waals surface area contributed by atoms with Gasteiger partial charge in [0.25, 0.3) is 0 Å². The molecule has 0 aliphatic heterocycles. The number of nitrogens with two attached hydrogens (primary N) is 1. The largest absolute Gasteiger partial charge is 0.392 e. The van der Waals surface area contributed by atoms with Crippen LogP contribution in [-0.2, 0) is 23.2 Å². The van der Waals surface area contributed by atoms with Crippen LogP contribution in [0.5, 0.6) is 0 Å². The predicted molar refractivity (Wildman–Crippen MR) is 140 cm³/mol. The number of sulfonamides is 1. The summed E-state index contributed by atoms with van der Waals surface area (Å²) in [6.07, 6.45) is 7.89. The number of hydrogen-bond acceptors (Lipinski definition) is 5. The number of aliphatic hydroxyl groups excluding tert-OH is 1. The fourth-order valence-electron chi connectivity index (χ4n) is 4.97. The molecule has 1 aliphatic carbocycles. The van der Waals surface area contributed by atoms with Gasteiger partial charge >= 0.3 is 0 Å². The van der Waals surface area contributed by atoms with E-state index >= 15 is 0 Å². The summed E-state index contributed by atoms with van der Waals surface area (Å²) in [5, 5.41) is 18.8. The molecular formula is C27H34N2O3S2. The maximum Gasteiger partial charge on any atom is 0.248 e. The van der Waals surface area contributed by atoms with Crippen LogP contribution in [0.25, 0.3) is 21.6 Å². The van der Waals surface area contributed by atoms with E-state index in [2.05, 4.69) is 12.2 Å². The molecule has 1 aliphatic rings. The first-order valence-corrected chi connectivity index (χ1v) is 14.4. The predicted octanol–water partition coefficient (Wildman–Crippen LogP) is 5.67. The van der Waals surface area contributed by atoms with Crippen LogP contribution in [0.15, 0.2) is 58.8 Å². The van der Waals surface area contributed by atoms with Crippen LogP contribution in [0.4, 0.5) is 0 Å². The van der Waals surface area contributed by atoms with Crippen molar-refractivity contribution < 1.29 is 13.5 Å². The summed E-state index contributed by atoms with van der Waals surface area (Å²) in [4.78, 5) is 0.808.